The predicted molar refractivity (Wildman–Crippen MR) is 91.3 cm³/mol. The fourth-order valence-corrected chi connectivity index (χ4v) is 3.04. The Morgan fingerprint density at radius 2 is 1.38 bits per heavy atom. The van der Waals surface area contributed by atoms with Gasteiger partial charge in [-0.15, -0.1) is 0 Å². The highest BCUT2D eigenvalue weighted by Gasteiger charge is 2.06. The molecular formula is C18H16N2S. The Kier molecular flexibility index (Phi) is 3.84. The molecule has 0 aliphatic heterocycles. The summed E-state index contributed by atoms with van der Waals surface area (Å²) in [6.07, 6.45) is 0. The van der Waals surface area contributed by atoms with Crippen molar-refractivity contribution >= 4 is 23.1 Å². The van der Waals surface area contributed by atoms with E-state index in [1.165, 1.54) is 4.90 Å². The molecule has 0 aliphatic rings. The quantitative estimate of drug-likeness (QED) is 0.690. The van der Waals surface area contributed by atoms with E-state index < -0.39 is 0 Å². The van der Waals surface area contributed by atoms with Crippen molar-refractivity contribution in [3.63, 3.8) is 0 Å². The van der Waals surface area contributed by atoms with E-state index >= 15 is 0 Å². The second kappa shape index (κ2) is 5.94. The van der Waals surface area contributed by atoms with Crippen LogP contribution in [-0.4, -0.2) is 0 Å². The van der Waals surface area contributed by atoms with Crippen molar-refractivity contribution in [1.29, 1.82) is 0 Å². The first kappa shape index (κ1) is 13.6. The van der Waals surface area contributed by atoms with Gasteiger partial charge in [0.05, 0.1) is 0 Å². The van der Waals surface area contributed by atoms with Crippen molar-refractivity contribution in [3.05, 3.63) is 72.8 Å². The molecule has 0 heterocycles. The average Bonchev–Trinajstić information content (AvgIpc) is 2.51. The van der Waals surface area contributed by atoms with Crippen molar-refractivity contribution in [2.45, 2.75) is 9.79 Å². The summed E-state index contributed by atoms with van der Waals surface area (Å²) >= 11 is 1.67. The second-order valence-corrected chi connectivity index (χ2v) is 5.87. The average molecular weight is 292 g/mol. The van der Waals surface area contributed by atoms with Gasteiger partial charge in [0.1, 0.15) is 0 Å². The molecule has 4 N–H and O–H groups in total. The normalized spacial score (nSPS) is 10.5. The molecule has 0 fully saturated rings. The van der Waals surface area contributed by atoms with Crippen LogP contribution in [0.25, 0.3) is 11.1 Å². The molecule has 0 atom stereocenters. The second-order valence-electron chi connectivity index (χ2n) is 4.75. The van der Waals surface area contributed by atoms with Crippen LogP contribution in [0.1, 0.15) is 0 Å². The van der Waals surface area contributed by atoms with Crippen LogP contribution in [0.2, 0.25) is 0 Å². The number of nitrogen functional groups attached to an aromatic ring is 2. The minimum Gasteiger partial charge on any atom is -0.398 e. The van der Waals surface area contributed by atoms with Gasteiger partial charge < -0.3 is 11.5 Å². The topological polar surface area (TPSA) is 52.0 Å². The van der Waals surface area contributed by atoms with Crippen LogP contribution in [0.4, 0.5) is 11.4 Å². The van der Waals surface area contributed by atoms with E-state index in [9.17, 15) is 0 Å². The SMILES string of the molecule is Nc1cc(-c2ccccc2N)ccc1Sc1ccccc1. The van der Waals surface area contributed by atoms with Crippen LogP contribution in [-0.2, 0) is 0 Å². The van der Waals surface area contributed by atoms with Crippen LogP contribution in [0, 0.1) is 0 Å². The van der Waals surface area contributed by atoms with Gasteiger partial charge >= 0.3 is 0 Å². The number of nitrogens with two attached hydrogens (primary N) is 2. The van der Waals surface area contributed by atoms with Crippen LogP contribution >= 0.6 is 11.8 Å². The monoisotopic (exact) mass is 292 g/mol. The molecule has 3 rings (SSSR count). The molecule has 0 aromatic heterocycles. The fraction of sp³-hybridized carbons (Fsp3) is 0. The van der Waals surface area contributed by atoms with Gasteiger partial charge in [-0.3, -0.25) is 0 Å². The number of hydrogen-bond acceptors (Lipinski definition) is 3. The number of hydrogen-bond donors (Lipinski definition) is 2. The minimum absolute atomic E-state index is 0.764. The van der Waals surface area contributed by atoms with Gasteiger partial charge in [-0.25, -0.2) is 0 Å². The maximum absolute atomic E-state index is 6.19. The molecule has 0 bridgehead atoms. The Bertz CT molecular complexity index is 754. The number of rotatable bonds is 3. The smallest absolute Gasteiger partial charge is 0.0462 e. The number of benzene rings is 3. The lowest BCUT2D eigenvalue weighted by Crippen LogP contribution is -1.92. The van der Waals surface area contributed by atoms with Gasteiger partial charge in [0.15, 0.2) is 0 Å². The van der Waals surface area contributed by atoms with Crippen molar-refractivity contribution in [3.8, 4) is 11.1 Å². The van der Waals surface area contributed by atoms with E-state index in [1.54, 1.807) is 11.8 Å². The molecule has 0 spiro atoms. The standard InChI is InChI=1S/C18H16N2S/c19-16-9-5-4-8-15(16)13-10-11-18(17(20)12-13)21-14-6-2-1-3-7-14/h1-12H,19-20H2. The third kappa shape index (κ3) is 3.03. The van der Waals surface area contributed by atoms with Crippen LogP contribution in [0.5, 0.6) is 0 Å². The Morgan fingerprint density at radius 1 is 0.667 bits per heavy atom. The van der Waals surface area contributed by atoms with Gasteiger partial charge in [-0.2, -0.15) is 0 Å². The third-order valence-corrected chi connectivity index (χ3v) is 4.35. The Balaban J connectivity index is 1.92. The Morgan fingerprint density at radius 3 is 2.10 bits per heavy atom. The zero-order chi connectivity index (χ0) is 14.7. The molecule has 3 aromatic rings. The lowest BCUT2D eigenvalue weighted by molar-refractivity contribution is 1.41. The summed E-state index contributed by atoms with van der Waals surface area (Å²) in [5.41, 5.74) is 15.8. The lowest BCUT2D eigenvalue weighted by atomic mass is 10.0. The Hall–Kier alpha value is -2.39. The fourth-order valence-electron chi connectivity index (χ4n) is 2.18. The van der Waals surface area contributed by atoms with E-state index in [2.05, 4.69) is 24.3 Å². The van der Waals surface area contributed by atoms with E-state index in [-0.39, 0.29) is 0 Å². The van der Waals surface area contributed by atoms with Crippen molar-refractivity contribution in [2.24, 2.45) is 0 Å². The zero-order valence-corrected chi connectivity index (χ0v) is 12.3. The number of anilines is 2. The van der Waals surface area contributed by atoms with E-state index in [0.717, 1.165) is 27.4 Å². The molecule has 0 radical (unpaired) electrons. The summed E-state index contributed by atoms with van der Waals surface area (Å²) in [5, 5.41) is 0. The molecule has 0 saturated carbocycles. The van der Waals surface area contributed by atoms with Gasteiger partial charge in [-0.05, 0) is 35.9 Å². The molecule has 0 unspecified atom stereocenters. The first-order valence-electron chi connectivity index (χ1n) is 6.71. The van der Waals surface area contributed by atoms with Crippen LogP contribution < -0.4 is 11.5 Å². The summed E-state index contributed by atoms with van der Waals surface area (Å²) in [6, 6.07) is 24.1. The Labute approximate surface area is 128 Å². The lowest BCUT2D eigenvalue weighted by Gasteiger charge is -2.10. The van der Waals surface area contributed by atoms with Gasteiger partial charge in [0.2, 0.25) is 0 Å². The largest absolute Gasteiger partial charge is 0.398 e. The van der Waals surface area contributed by atoms with E-state index in [0.29, 0.717) is 0 Å². The van der Waals surface area contributed by atoms with Crippen LogP contribution in [0.15, 0.2) is 82.6 Å². The zero-order valence-electron chi connectivity index (χ0n) is 11.5. The summed E-state index contributed by atoms with van der Waals surface area (Å²) in [6.45, 7) is 0. The molecule has 104 valence electrons. The van der Waals surface area contributed by atoms with Crippen molar-refractivity contribution in [2.75, 3.05) is 11.5 Å². The maximum atomic E-state index is 6.19. The molecule has 0 amide bonds. The summed E-state index contributed by atoms with van der Waals surface area (Å²) < 4.78 is 0. The summed E-state index contributed by atoms with van der Waals surface area (Å²) in [5.74, 6) is 0. The number of para-hydroxylation sites is 1. The highest BCUT2D eigenvalue weighted by Crippen LogP contribution is 2.35. The molecule has 0 aliphatic carbocycles. The molecular weight excluding hydrogens is 276 g/mol. The highest BCUT2D eigenvalue weighted by molar-refractivity contribution is 7.99. The van der Waals surface area contributed by atoms with Gasteiger partial charge in [0.25, 0.3) is 0 Å². The van der Waals surface area contributed by atoms with E-state index in [1.807, 2.05) is 48.5 Å². The van der Waals surface area contributed by atoms with Gasteiger partial charge in [-0.1, -0.05) is 54.2 Å². The maximum Gasteiger partial charge on any atom is 0.0462 e. The van der Waals surface area contributed by atoms with Crippen molar-refractivity contribution < 1.29 is 0 Å². The highest BCUT2D eigenvalue weighted by atomic mass is 32.2. The molecule has 21 heavy (non-hydrogen) atoms. The van der Waals surface area contributed by atoms with E-state index in [4.69, 9.17) is 11.5 Å². The molecule has 3 heteroatoms. The molecule has 2 nitrogen and oxygen atoms in total. The first-order chi connectivity index (χ1) is 10.2. The molecule has 0 saturated heterocycles. The summed E-state index contributed by atoms with van der Waals surface area (Å²) in [4.78, 5) is 2.23. The first-order valence-corrected chi connectivity index (χ1v) is 7.53. The van der Waals surface area contributed by atoms with Gasteiger partial charge in [0, 0.05) is 26.7 Å². The molecule has 3 aromatic carbocycles. The van der Waals surface area contributed by atoms with Crippen molar-refractivity contribution in [1.82, 2.24) is 0 Å². The van der Waals surface area contributed by atoms with Crippen LogP contribution in [0.3, 0.4) is 0 Å². The third-order valence-electron chi connectivity index (χ3n) is 3.25. The summed E-state index contributed by atoms with van der Waals surface area (Å²) in [7, 11) is 0. The minimum atomic E-state index is 0.764. The predicted octanol–water partition coefficient (Wildman–Crippen LogP) is 4.67.